The van der Waals surface area contributed by atoms with E-state index in [-0.39, 0.29) is 5.75 Å². The minimum Gasteiger partial charge on any atom is -0.508 e. The molecule has 1 aliphatic carbocycles. The molecule has 0 radical (unpaired) electrons. The second-order valence-corrected chi connectivity index (χ2v) is 6.68. The fourth-order valence-corrected chi connectivity index (χ4v) is 3.39. The highest BCUT2D eigenvalue weighted by Gasteiger charge is 2.17. The van der Waals surface area contributed by atoms with Crippen molar-refractivity contribution in [2.45, 2.75) is 19.8 Å². The molecule has 0 spiro atoms. The topological polar surface area (TPSA) is 20.2 Å². The third kappa shape index (κ3) is 3.94. The molecule has 1 aliphatic rings. The number of rotatable bonds is 3. The van der Waals surface area contributed by atoms with Crippen molar-refractivity contribution in [2.75, 3.05) is 0 Å². The molecule has 0 heterocycles. The maximum Gasteiger partial charge on any atom is 0.116 e. The summed E-state index contributed by atoms with van der Waals surface area (Å²) in [4.78, 5) is 0. The zero-order valence-electron chi connectivity index (χ0n) is 14.3. The van der Waals surface area contributed by atoms with Gasteiger partial charge in [-0.3, -0.25) is 0 Å². The summed E-state index contributed by atoms with van der Waals surface area (Å²) in [6.45, 7) is 5.96. The van der Waals surface area contributed by atoms with Crippen LogP contribution in [0, 0.1) is 0 Å². The molecule has 1 N–H and O–H groups in total. The van der Waals surface area contributed by atoms with Crippen LogP contribution in [0.1, 0.15) is 30.0 Å². The largest absolute Gasteiger partial charge is 0.508 e. The lowest BCUT2D eigenvalue weighted by atomic mass is 9.91. The van der Waals surface area contributed by atoms with Gasteiger partial charge in [0.15, 0.2) is 0 Å². The Labute approximate surface area is 154 Å². The maximum atomic E-state index is 9.80. The number of hydrogen-bond acceptors (Lipinski definition) is 1. The molecule has 2 aromatic carbocycles. The molecule has 2 heteroatoms. The summed E-state index contributed by atoms with van der Waals surface area (Å²) < 4.78 is 0. The highest BCUT2D eigenvalue weighted by atomic mass is 35.5. The Morgan fingerprint density at radius 3 is 2.72 bits per heavy atom. The van der Waals surface area contributed by atoms with Crippen molar-refractivity contribution in [2.24, 2.45) is 0 Å². The standard InChI is InChI=1S/C23H21ClO/c1-3-4-8-21-16(2)9-10-18-15-19(24)11-12-22(18)23(21)14-17-6-5-7-20(25)13-17/h3-8,11-15,25H,1,9-10H2,2H3/b8-4-,23-14+. The van der Waals surface area contributed by atoms with Crippen LogP contribution in [0.15, 0.2) is 78.4 Å². The lowest BCUT2D eigenvalue weighted by molar-refractivity contribution is 0.475. The number of aryl methyl sites for hydroxylation is 1. The van der Waals surface area contributed by atoms with Crippen molar-refractivity contribution in [1.29, 1.82) is 0 Å². The van der Waals surface area contributed by atoms with E-state index < -0.39 is 0 Å². The van der Waals surface area contributed by atoms with Crippen LogP contribution < -0.4 is 0 Å². The van der Waals surface area contributed by atoms with E-state index in [1.807, 2.05) is 24.3 Å². The Kier molecular flexibility index (Phi) is 5.25. The first-order valence-electron chi connectivity index (χ1n) is 8.37. The van der Waals surface area contributed by atoms with Crippen molar-refractivity contribution in [3.05, 3.63) is 100 Å². The first kappa shape index (κ1) is 17.3. The van der Waals surface area contributed by atoms with E-state index in [2.05, 4.69) is 37.8 Å². The zero-order valence-corrected chi connectivity index (χ0v) is 15.1. The van der Waals surface area contributed by atoms with E-state index >= 15 is 0 Å². The number of hydrogen-bond donors (Lipinski definition) is 1. The van der Waals surface area contributed by atoms with Gasteiger partial charge in [0.1, 0.15) is 5.75 Å². The maximum absolute atomic E-state index is 9.80. The highest BCUT2D eigenvalue weighted by Crippen LogP contribution is 2.37. The van der Waals surface area contributed by atoms with Gasteiger partial charge in [-0.25, -0.2) is 0 Å². The van der Waals surface area contributed by atoms with E-state index in [1.165, 1.54) is 22.3 Å². The van der Waals surface area contributed by atoms with Gasteiger partial charge in [-0.2, -0.15) is 0 Å². The first-order valence-corrected chi connectivity index (χ1v) is 8.75. The van der Waals surface area contributed by atoms with Crippen LogP contribution in [-0.4, -0.2) is 5.11 Å². The molecule has 0 fully saturated rings. The van der Waals surface area contributed by atoms with Gasteiger partial charge in [0.25, 0.3) is 0 Å². The summed E-state index contributed by atoms with van der Waals surface area (Å²) in [5.41, 5.74) is 7.08. The van der Waals surface area contributed by atoms with Crippen LogP contribution in [0.25, 0.3) is 11.6 Å². The van der Waals surface area contributed by atoms with Crippen molar-refractivity contribution in [3.63, 3.8) is 0 Å². The van der Waals surface area contributed by atoms with E-state index in [0.717, 1.165) is 29.0 Å². The molecule has 3 rings (SSSR count). The fourth-order valence-electron chi connectivity index (χ4n) is 3.20. The summed E-state index contributed by atoms with van der Waals surface area (Å²) in [5.74, 6) is 0.267. The zero-order chi connectivity index (χ0) is 17.8. The molecule has 0 saturated heterocycles. The molecule has 1 nitrogen and oxygen atoms in total. The molecule has 0 amide bonds. The lowest BCUT2D eigenvalue weighted by Crippen LogP contribution is -1.93. The molecule has 2 aromatic rings. The molecule has 0 saturated carbocycles. The van der Waals surface area contributed by atoms with E-state index in [0.29, 0.717) is 0 Å². The van der Waals surface area contributed by atoms with Crippen LogP contribution in [0.4, 0.5) is 0 Å². The molecular formula is C23H21ClO. The third-order valence-electron chi connectivity index (χ3n) is 4.46. The predicted molar refractivity (Wildman–Crippen MR) is 108 cm³/mol. The van der Waals surface area contributed by atoms with Crippen LogP contribution >= 0.6 is 11.6 Å². The molecular weight excluding hydrogens is 328 g/mol. The molecule has 25 heavy (non-hydrogen) atoms. The molecule has 0 unspecified atom stereocenters. The van der Waals surface area contributed by atoms with E-state index in [4.69, 9.17) is 11.6 Å². The minimum absolute atomic E-state index is 0.267. The summed E-state index contributed by atoms with van der Waals surface area (Å²) in [6.07, 6.45) is 9.95. The Morgan fingerprint density at radius 2 is 1.96 bits per heavy atom. The molecule has 0 atom stereocenters. The van der Waals surface area contributed by atoms with Gasteiger partial charge < -0.3 is 5.11 Å². The van der Waals surface area contributed by atoms with Gasteiger partial charge in [-0.15, -0.1) is 0 Å². The lowest BCUT2D eigenvalue weighted by Gasteiger charge is -2.13. The summed E-state index contributed by atoms with van der Waals surface area (Å²) in [6, 6.07) is 13.4. The second kappa shape index (κ2) is 7.58. The van der Waals surface area contributed by atoms with Gasteiger partial charge in [0.2, 0.25) is 0 Å². The number of allylic oxidation sites excluding steroid dienone is 6. The van der Waals surface area contributed by atoms with Crippen LogP contribution in [0.5, 0.6) is 5.75 Å². The van der Waals surface area contributed by atoms with Gasteiger partial charge in [-0.05, 0) is 77.9 Å². The third-order valence-corrected chi connectivity index (χ3v) is 4.69. The SMILES string of the molecule is C=C/C=C\C1=C(C)CCc2cc(Cl)ccc2/C1=C/c1cccc(O)c1. The average Bonchev–Trinajstić information content (AvgIpc) is 2.71. The predicted octanol–water partition coefficient (Wildman–Crippen LogP) is 6.59. The van der Waals surface area contributed by atoms with E-state index in [1.54, 1.807) is 18.2 Å². The van der Waals surface area contributed by atoms with Crippen LogP contribution in [0.2, 0.25) is 5.02 Å². The van der Waals surface area contributed by atoms with Gasteiger partial charge in [0.05, 0.1) is 0 Å². The van der Waals surface area contributed by atoms with Gasteiger partial charge in [-0.1, -0.05) is 60.2 Å². The second-order valence-electron chi connectivity index (χ2n) is 6.24. The molecule has 0 bridgehead atoms. The Balaban J connectivity index is 2.24. The summed E-state index contributed by atoms with van der Waals surface area (Å²) in [5, 5.41) is 10.6. The summed E-state index contributed by atoms with van der Waals surface area (Å²) in [7, 11) is 0. The van der Waals surface area contributed by atoms with Gasteiger partial charge in [0, 0.05) is 5.02 Å². The number of phenolic OH excluding ortho intramolecular Hbond substituents is 1. The highest BCUT2D eigenvalue weighted by molar-refractivity contribution is 6.30. The number of halogens is 1. The quantitative estimate of drug-likeness (QED) is 0.620. The Hall–Kier alpha value is -2.51. The van der Waals surface area contributed by atoms with Gasteiger partial charge >= 0.3 is 0 Å². The normalized spacial score (nSPS) is 16.2. The Bertz CT molecular complexity index is 900. The van der Waals surface area contributed by atoms with E-state index in [9.17, 15) is 5.11 Å². The summed E-state index contributed by atoms with van der Waals surface area (Å²) >= 11 is 6.22. The smallest absolute Gasteiger partial charge is 0.116 e. The van der Waals surface area contributed by atoms with Crippen LogP contribution in [0.3, 0.4) is 0 Å². The number of phenols is 1. The van der Waals surface area contributed by atoms with Crippen molar-refractivity contribution >= 4 is 23.3 Å². The molecule has 0 aromatic heterocycles. The van der Waals surface area contributed by atoms with Crippen molar-refractivity contribution in [3.8, 4) is 5.75 Å². The number of fused-ring (bicyclic) bond motifs is 1. The average molecular weight is 349 g/mol. The van der Waals surface area contributed by atoms with Crippen LogP contribution in [-0.2, 0) is 6.42 Å². The molecule has 126 valence electrons. The fraction of sp³-hybridized carbons (Fsp3) is 0.130. The minimum atomic E-state index is 0.267. The number of aromatic hydroxyl groups is 1. The van der Waals surface area contributed by atoms with Crippen molar-refractivity contribution < 1.29 is 5.11 Å². The molecule has 0 aliphatic heterocycles. The Morgan fingerprint density at radius 1 is 1.12 bits per heavy atom. The number of benzene rings is 2. The monoisotopic (exact) mass is 348 g/mol. The first-order chi connectivity index (χ1) is 12.1. The van der Waals surface area contributed by atoms with Crippen molar-refractivity contribution in [1.82, 2.24) is 0 Å².